The standard InChI is InChI=1S/C22H22N8O/c1-3-12-8-19(31)28-29-20(12)13-4-5-17-18(7-13)27-22(26-17)16-6-14(9-24-21(16)23)15-10-25-30(2)11-15/h4-7,9-12H,3,8H2,1-2H3,(H2,23,24)(H,26,27)(H,28,31). The molecule has 4 heterocycles. The average Bonchev–Trinajstić information content (AvgIpc) is 3.39. The zero-order chi connectivity index (χ0) is 21.5. The van der Waals surface area contributed by atoms with Gasteiger partial charge < -0.3 is 10.7 Å². The molecule has 4 aromatic rings. The van der Waals surface area contributed by atoms with Crippen molar-refractivity contribution in [3.63, 3.8) is 0 Å². The van der Waals surface area contributed by atoms with Crippen LogP contribution in [0.5, 0.6) is 0 Å². The molecule has 0 fully saturated rings. The number of hydrogen-bond acceptors (Lipinski definition) is 6. The number of anilines is 1. The molecule has 1 atom stereocenters. The molecular formula is C22H22N8O. The topological polar surface area (TPSA) is 127 Å². The van der Waals surface area contributed by atoms with Gasteiger partial charge in [-0.05, 0) is 24.6 Å². The molecule has 0 radical (unpaired) electrons. The number of imidazole rings is 1. The highest BCUT2D eigenvalue weighted by Gasteiger charge is 2.24. The summed E-state index contributed by atoms with van der Waals surface area (Å²) in [5.74, 6) is 1.10. The molecule has 1 aliphatic heterocycles. The number of carbonyl (C=O) groups excluding carboxylic acids is 1. The van der Waals surface area contributed by atoms with Crippen molar-refractivity contribution in [2.45, 2.75) is 19.8 Å². The largest absolute Gasteiger partial charge is 0.383 e. The molecule has 0 saturated carbocycles. The van der Waals surface area contributed by atoms with Gasteiger partial charge in [0, 0.05) is 48.5 Å². The van der Waals surface area contributed by atoms with E-state index in [9.17, 15) is 4.79 Å². The van der Waals surface area contributed by atoms with Gasteiger partial charge in [-0.15, -0.1) is 0 Å². The first-order valence-electron chi connectivity index (χ1n) is 10.1. The van der Waals surface area contributed by atoms with Crippen LogP contribution in [0.15, 0.2) is 48.0 Å². The predicted octanol–water partition coefficient (Wildman–Crippen LogP) is 2.86. The lowest BCUT2D eigenvalue weighted by Crippen LogP contribution is -2.33. The first kappa shape index (κ1) is 19.0. The second kappa shape index (κ2) is 7.35. The number of hydrogen-bond donors (Lipinski definition) is 3. The number of H-pyrrole nitrogens is 1. The number of nitrogen functional groups attached to an aromatic ring is 1. The molecule has 156 valence electrons. The van der Waals surface area contributed by atoms with Crippen molar-refractivity contribution in [2.75, 3.05) is 5.73 Å². The van der Waals surface area contributed by atoms with E-state index in [0.717, 1.165) is 45.4 Å². The van der Waals surface area contributed by atoms with E-state index >= 15 is 0 Å². The highest BCUT2D eigenvalue weighted by molar-refractivity contribution is 6.07. The van der Waals surface area contributed by atoms with Crippen molar-refractivity contribution in [1.29, 1.82) is 0 Å². The Hall–Kier alpha value is -4.01. The Labute approximate surface area is 178 Å². The number of carbonyl (C=O) groups is 1. The molecule has 0 aliphatic carbocycles. The zero-order valence-corrected chi connectivity index (χ0v) is 17.3. The highest BCUT2D eigenvalue weighted by Crippen LogP contribution is 2.30. The summed E-state index contributed by atoms with van der Waals surface area (Å²) in [6, 6.07) is 7.91. The van der Waals surface area contributed by atoms with Gasteiger partial charge in [0.2, 0.25) is 5.91 Å². The maximum absolute atomic E-state index is 11.7. The lowest BCUT2D eigenvalue weighted by molar-refractivity contribution is -0.122. The Bertz CT molecular complexity index is 1330. The molecule has 31 heavy (non-hydrogen) atoms. The summed E-state index contributed by atoms with van der Waals surface area (Å²) in [6.45, 7) is 2.07. The van der Waals surface area contributed by atoms with E-state index in [1.54, 1.807) is 17.1 Å². The number of nitrogens with zero attached hydrogens (tertiary/aromatic N) is 5. The maximum Gasteiger partial charge on any atom is 0.240 e. The number of benzene rings is 1. The van der Waals surface area contributed by atoms with E-state index in [1.807, 2.05) is 37.5 Å². The third kappa shape index (κ3) is 3.43. The number of aromatic amines is 1. The number of nitrogens with two attached hydrogens (primary N) is 1. The Morgan fingerprint density at radius 2 is 2.06 bits per heavy atom. The lowest BCUT2D eigenvalue weighted by atomic mass is 9.90. The van der Waals surface area contributed by atoms with Gasteiger partial charge in [-0.3, -0.25) is 9.48 Å². The molecule has 0 saturated heterocycles. The summed E-state index contributed by atoms with van der Waals surface area (Å²) in [5.41, 5.74) is 14.9. The van der Waals surface area contributed by atoms with Crippen LogP contribution in [-0.4, -0.2) is 36.4 Å². The summed E-state index contributed by atoms with van der Waals surface area (Å²) < 4.78 is 1.74. The molecule has 9 heteroatoms. The number of hydrazone groups is 1. The summed E-state index contributed by atoms with van der Waals surface area (Å²) in [5, 5.41) is 8.53. The minimum atomic E-state index is -0.0445. The van der Waals surface area contributed by atoms with Crippen LogP contribution >= 0.6 is 0 Å². The van der Waals surface area contributed by atoms with E-state index in [-0.39, 0.29) is 11.8 Å². The van der Waals surface area contributed by atoms with E-state index in [0.29, 0.717) is 18.1 Å². The van der Waals surface area contributed by atoms with Crippen LogP contribution in [0.25, 0.3) is 33.5 Å². The SMILES string of the molecule is CCC1CC(=O)NN=C1c1ccc2nc(-c3cc(-c4cnn(C)c4)cnc3N)[nH]c2c1. The Balaban J connectivity index is 1.55. The van der Waals surface area contributed by atoms with Gasteiger partial charge in [0.05, 0.1) is 28.5 Å². The van der Waals surface area contributed by atoms with Crippen LogP contribution in [0.4, 0.5) is 5.82 Å². The molecule has 0 bridgehead atoms. The minimum Gasteiger partial charge on any atom is -0.383 e. The third-order valence-electron chi connectivity index (χ3n) is 5.60. The molecular weight excluding hydrogens is 392 g/mol. The molecule has 1 aromatic carbocycles. The van der Waals surface area contributed by atoms with E-state index < -0.39 is 0 Å². The minimum absolute atomic E-state index is 0.0445. The highest BCUT2D eigenvalue weighted by atomic mass is 16.2. The first-order valence-corrected chi connectivity index (χ1v) is 10.1. The molecule has 5 rings (SSSR count). The quantitative estimate of drug-likeness (QED) is 0.473. The number of amides is 1. The van der Waals surface area contributed by atoms with E-state index in [1.165, 1.54) is 0 Å². The van der Waals surface area contributed by atoms with Gasteiger partial charge in [0.15, 0.2) is 0 Å². The monoisotopic (exact) mass is 414 g/mol. The fourth-order valence-corrected chi connectivity index (χ4v) is 3.91. The predicted molar refractivity (Wildman–Crippen MR) is 119 cm³/mol. The summed E-state index contributed by atoms with van der Waals surface area (Å²) >= 11 is 0. The van der Waals surface area contributed by atoms with E-state index in [4.69, 9.17) is 10.7 Å². The second-order valence-corrected chi connectivity index (χ2v) is 7.72. The van der Waals surface area contributed by atoms with Crippen molar-refractivity contribution in [1.82, 2.24) is 30.2 Å². The number of rotatable bonds is 4. The van der Waals surface area contributed by atoms with Crippen LogP contribution < -0.4 is 11.2 Å². The van der Waals surface area contributed by atoms with E-state index in [2.05, 4.69) is 32.5 Å². The van der Waals surface area contributed by atoms with Crippen LogP contribution in [-0.2, 0) is 11.8 Å². The fraction of sp³-hybridized carbons (Fsp3) is 0.227. The van der Waals surface area contributed by atoms with Crippen molar-refractivity contribution in [3.8, 4) is 22.5 Å². The van der Waals surface area contributed by atoms with Gasteiger partial charge in [0.1, 0.15) is 11.6 Å². The van der Waals surface area contributed by atoms with Crippen LogP contribution in [0.3, 0.4) is 0 Å². The average molecular weight is 414 g/mol. The Kier molecular flexibility index (Phi) is 4.50. The first-order chi connectivity index (χ1) is 15.0. The fourth-order valence-electron chi connectivity index (χ4n) is 3.91. The number of nitrogens with one attached hydrogen (secondary N) is 2. The van der Waals surface area contributed by atoms with Gasteiger partial charge in [-0.25, -0.2) is 15.4 Å². The third-order valence-corrected chi connectivity index (χ3v) is 5.60. The normalized spacial score (nSPS) is 16.4. The van der Waals surface area contributed by atoms with Gasteiger partial charge in [-0.1, -0.05) is 13.0 Å². The summed E-state index contributed by atoms with van der Waals surface area (Å²) in [7, 11) is 1.87. The molecule has 0 spiro atoms. The van der Waals surface area contributed by atoms with Gasteiger partial charge >= 0.3 is 0 Å². The Morgan fingerprint density at radius 1 is 1.19 bits per heavy atom. The Morgan fingerprint density at radius 3 is 2.84 bits per heavy atom. The van der Waals surface area contributed by atoms with Crippen LogP contribution in [0.1, 0.15) is 25.3 Å². The van der Waals surface area contributed by atoms with Crippen molar-refractivity contribution < 1.29 is 4.79 Å². The van der Waals surface area contributed by atoms with Gasteiger partial charge in [-0.2, -0.15) is 10.2 Å². The van der Waals surface area contributed by atoms with Crippen LogP contribution in [0.2, 0.25) is 0 Å². The summed E-state index contributed by atoms with van der Waals surface area (Å²) in [6.07, 6.45) is 6.75. The van der Waals surface area contributed by atoms with Crippen LogP contribution in [0, 0.1) is 5.92 Å². The second-order valence-electron chi connectivity index (χ2n) is 7.72. The maximum atomic E-state index is 11.7. The molecule has 1 aliphatic rings. The molecule has 9 nitrogen and oxygen atoms in total. The smallest absolute Gasteiger partial charge is 0.240 e. The summed E-state index contributed by atoms with van der Waals surface area (Å²) in [4.78, 5) is 24.1. The number of pyridine rings is 1. The zero-order valence-electron chi connectivity index (χ0n) is 17.3. The van der Waals surface area contributed by atoms with Gasteiger partial charge in [0.25, 0.3) is 0 Å². The molecule has 3 aromatic heterocycles. The lowest BCUT2D eigenvalue weighted by Gasteiger charge is -2.21. The van der Waals surface area contributed by atoms with Crippen molar-refractivity contribution in [2.24, 2.45) is 18.1 Å². The number of aryl methyl sites for hydroxylation is 1. The number of fused-ring (bicyclic) bond motifs is 1. The van der Waals surface area contributed by atoms with Crippen molar-refractivity contribution >= 4 is 28.5 Å². The molecule has 1 amide bonds. The molecule has 4 N–H and O–H groups in total. The molecule has 1 unspecified atom stereocenters. The number of aromatic nitrogens is 5. The van der Waals surface area contributed by atoms with Crippen molar-refractivity contribution in [3.05, 3.63) is 48.4 Å².